The smallest absolute Gasteiger partial charge is 0.329 e. The first-order valence-electron chi connectivity index (χ1n) is 8.68. The standard InChI is InChI=1S/C18H27N3O2/c1-3-20-16-6-4-5-7-17(16)21(18(20)23)13-15(22)12-19-10-8-14(2)9-11-19/h4-7,14-15,22H,3,8-13H2,1-2H3/t15-/m0/s1. The second-order valence-corrected chi connectivity index (χ2v) is 6.76. The molecule has 5 heteroatoms. The van der Waals surface area contributed by atoms with Gasteiger partial charge in [-0.05, 0) is 50.9 Å². The molecule has 1 aromatic heterocycles. The van der Waals surface area contributed by atoms with E-state index in [0.717, 1.165) is 30.0 Å². The Morgan fingerprint density at radius 3 is 2.35 bits per heavy atom. The number of aromatic nitrogens is 2. The minimum atomic E-state index is -0.516. The second-order valence-electron chi connectivity index (χ2n) is 6.76. The summed E-state index contributed by atoms with van der Waals surface area (Å²) >= 11 is 0. The van der Waals surface area contributed by atoms with Gasteiger partial charge in [0, 0.05) is 13.1 Å². The van der Waals surface area contributed by atoms with Gasteiger partial charge in [-0.1, -0.05) is 19.1 Å². The molecule has 2 aromatic rings. The molecule has 0 aliphatic carbocycles. The molecule has 1 aromatic carbocycles. The Morgan fingerprint density at radius 2 is 1.74 bits per heavy atom. The highest BCUT2D eigenvalue weighted by Gasteiger charge is 2.20. The maximum atomic E-state index is 12.6. The van der Waals surface area contributed by atoms with Gasteiger partial charge >= 0.3 is 5.69 Å². The van der Waals surface area contributed by atoms with Crippen molar-refractivity contribution in [3.05, 3.63) is 34.7 Å². The molecule has 0 saturated carbocycles. The van der Waals surface area contributed by atoms with Crippen LogP contribution < -0.4 is 5.69 Å². The van der Waals surface area contributed by atoms with Crippen molar-refractivity contribution < 1.29 is 5.11 Å². The summed E-state index contributed by atoms with van der Waals surface area (Å²) in [6.45, 7) is 8.00. The molecular formula is C18H27N3O2. The molecule has 1 aliphatic heterocycles. The van der Waals surface area contributed by atoms with E-state index in [0.29, 0.717) is 19.6 Å². The van der Waals surface area contributed by atoms with Crippen molar-refractivity contribution in [2.45, 2.75) is 45.9 Å². The Hall–Kier alpha value is -1.59. The van der Waals surface area contributed by atoms with Gasteiger partial charge in [-0.25, -0.2) is 4.79 Å². The molecule has 0 unspecified atom stereocenters. The number of fused-ring (bicyclic) bond motifs is 1. The third kappa shape index (κ3) is 3.35. The Morgan fingerprint density at radius 1 is 1.13 bits per heavy atom. The summed E-state index contributed by atoms with van der Waals surface area (Å²) in [7, 11) is 0. The lowest BCUT2D eigenvalue weighted by molar-refractivity contribution is 0.0801. The molecular weight excluding hydrogens is 290 g/mol. The Balaban J connectivity index is 1.76. The van der Waals surface area contributed by atoms with Crippen LogP contribution in [0.4, 0.5) is 0 Å². The van der Waals surface area contributed by atoms with E-state index in [-0.39, 0.29) is 5.69 Å². The van der Waals surface area contributed by atoms with E-state index in [4.69, 9.17) is 0 Å². The van der Waals surface area contributed by atoms with Crippen molar-refractivity contribution in [2.75, 3.05) is 19.6 Å². The summed E-state index contributed by atoms with van der Waals surface area (Å²) < 4.78 is 3.49. The predicted molar refractivity (Wildman–Crippen MR) is 92.7 cm³/mol. The zero-order chi connectivity index (χ0) is 16.4. The van der Waals surface area contributed by atoms with E-state index in [2.05, 4.69) is 11.8 Å². The van der Waals surface area contributed by atoms with Crippen LogP contribution in [0, 0.1) is 5.92 Å². The van der Waals surface area contributed by atoms with E-state index < -0.39 is 6.10 Å². The number of imidazole rings is 1. The van der Waals surface area contributed by atoms with Gasteiger partial charge in [0.1, 0.15) is 0 Å². The van der Waals surface area contributed by atoms with Crippen LogP contribution in [-0.4, -0.2) is 44.9 Å². The van der Waals surface area contributed by atoms with Crippen LogP contribution in [0.1, 0.15) is 26.7 Å². The Bertz CT molecular complexity index is 711. The molecule has 0 radical (unpaired) electrons. The van der Waals surface area contributed by atoms with Gasteiger partial charge in [-0.3, -0.25) is 9.13 Å². The molecule has 2 heterocycles. The molecule has 126 valence electrons. The first-order chi connectivity index (χ1) is 11.1. The van der Waals surface area contributed by atoms with Crippen LogP contribution in [0.2, 0.25) is 0 Å². The number of hydrogen-bond acceptors (Lipinski definition) is 3. The van der Waals surface area contributed by atoms with Crippen molar-refractivity contribution in [2.24, 2.45) is 5.92 Å². The molecule has 0 amide bonds. The summed E-state index contributed by atoms with van der Waals surface area (Å²) in [5.74, 6) is 0.786. The van der Waals surface area contributed by atoms with Crippen molar-refractivity contribution in [1.82, 2.24) is 14.0 Å². The van der Waals surface area contributed by atoms with Crippen molar-refractivity contribution in [1.29, 1.82) is 0 Å². The van der Waals surface area contributed by atoms with Gasteiger partial charge in [-0.2, -0.15) is 0 Å². The number of hydrogen-bond donors (Lipinski definition) is 1. The molecule has 0 spiro atoms. The van der Waals surface area contributed by atoms with Crippen molar-refractivity contribution in [3.63, 3.8) is 0 Å². The number of aliphatic hydroxyl groups excluding tert-OH is 1. The quantitative estimate of drug-likeness (QED) is 0.916. The van der Waals surface area contributed by atoms with Crippen LogP contribution in [0.3, 0.4) is 0 Å². The highest BCUT2D eigenvalue weighted by atomic mass is 16.3. The lowest BCUT2D eigenvalue weighted by Crippen LogP contribution is -2.40. The molecule has 1 saturated heterocycles. The lowest BCUT2D eigenvalue weighted by Gasteiger charge is -2.31. The van der Waals surface area contributed by atoms with Gasteiger partial charge in [0.15, 0.2) is 0 Å². The number of nitrogens with zero attached hydrogens (tertiary/aromatic N) is 3. The van der Waals surface area contributed by atoms with Crippen molar-refractivity contribution in [3.8, 4) is 0 Å². The third-order valence-corrected chi connectivity index (χ3v) is 4.98. The molecule has 3 rings (SSSR count). The molecule has 23 heavy (non-hydrogen) atoms. The molecule has 5 nitrogen and oxygen atoms in total. The van der Waals surface area contributed by atoms with Gasteiger partial charge in [0.2, 0.25) is 0 Å². The van der Waals surface area contributed by atoms with Crippen molar-refractivity contribution >= 4 is 11.0 Å². The van der Waals surface area contributed by atoms with E-state index >= 15 is 0 Å². The molecule has 1 atom stereocenters. The highest BCUT2D eigenvalue weighted by Crippen LogP contribution is 2.17. The summed E-state index contributed by atoms with van der Waals surface area (Å²) in [5, 5.41) is 10.5. The topological polar surface area (TPSA) is 50.4 Å². The fraction of sp³-hybridized carbons (Fsp3) is 0.611. The summed E-state index contributed by atoms with van der Waals surface area (Å²) in [6.07, 6.45) is 1.88. The Kier molecular flexibility index (Phi) is 4.87. The average molecular weight is 317 g/mol. The maximum absolute atomic E-state index is 12.6. The highest BCUT2D eigenvalue weighted by molar-refractivity contribution is 5.75. The summed E-state index contributed by atoms with van der Waals surface area (Å²) in [5.41, 5.74) is 1.82. The van der Waals surface area contributed by atoms with Gasteiger partial charge in [0.25, 0.3) is 0 Å². The van der Waals surface area contributed by atoms with Crippen LogP contribution >= 0.6 is 0 Å². The first kappa shape index (κ1) is 16.3. The monoisotopic (exact) mass is 317 g/mol. The van der Waals surface area contributed by atoms with Crippen LogP contribution in [0.15, 0.2) is 29.1 Å². The minimum Gasteiger partial charge on any atom is -0.390 e. The molecule has 1 N–H and O–H groups in total. The Labute approximate surface area is 137 Å². The SMILES string of the molecule is CCn1c(=O)n(C[C@@H](O)CN2CCC(C)CC2)c2ccccc21. The van der Waals surface area contributed by atoms with Crippen LogP contribution in [0.5, 0.6) is 0 Å². The number of para-hydroxylation sites is 2. The lowest BCUT2D eigenvalue weighted by atomic mass is 9.99. The zero-order valence-corrected chi connectivity index (χ0v) is 14.1. The molecule has 0 bridgehead atoms. The number of benzene rings is 1. The minimum absolute atomic E-state index is 0.0278. The van der Waals surface area contributed by atoms with Crippen LogP contribution in [0.25, 0.3) is 11.0 Å². The van der Waals surface area contributed by atoms with Crippen LogP contribution in [-0.2, 0) is 13.1 Å². The predicted octanol–water partition coefficient (Wildman–Crippen LogP) is 1.92. The first-order valence-corrected chi connectivity index (χ1v) is 8.68. The largest absolute Gasteiger partial charge is 0.390 e. The number of piperidine rings is 1. The number of rotatable bonds is 5. The second kappa shape index (κ2) is 6.89. The molecule has 1 aliphatic rings. The van der Waals surface area contributed by atoms with Gasteiger partial charge < -0.3 is 10.0 Å². The average Bonchev–Trinajstić information content (AvgIpc) is 2.81. The van der Waals surface area contributed by atoms with E-state index in [9.17, 15) is 9.90 Å². The number of likely N-dealkylation sites (tertiary alicyclic amines) is 1. The van der Waals surface area contributed by atoms with E-state index in [1.54, 1.807) is 9.13 Å². The normalized spacial score (nSPS) is 18.6. The summed E-state index contributed by atoms with van der Waals surface area (Å²) in [6, 6.07) is 7.81. The van der Waals surface area contributed by atoms with Gasteiger partial charge in [-0.15, -0.1) is 0 Å². The van der Waals surface area contributed by atoms with E-state index in [1.807, 2.05) is 31.2 Å². The number of aliphatic hydroxyl groups is 1. The fourth-order valence-corrected chi connectivity index (χ4v) is 3.57. The third-order valence-electron chi connectivity index (χ3n) is 4.98. The number of aryl methyl sites for hydroxylation is 1. The fourth-order valence-electron chi connectivity index (χ4n) is 3.57. The number of β-amino-alcohol motifs (C(OH)–C–C–N with tert-alkyl or cyclic N) is 1. The molecule has 1 fully saturated rings. The zero-order valence-electron chi connectivity index (χ0n) is 14.1. The summed E-state index contributed by atoms with van der Waals surface area (Å²) in [4.78, 5) is 14.9. The van der Waals surface area contributed by atoms with E-state index in [1.165, 1.54) is 12.8 Å². The maximum Gasteiger partial charge on any atom is 0.329 e. The van der Waals surface area contributed by atoms with Gasteiger partial charge in [0.05, 0.1) is 23.7 Å².